The van der Waals surface area contributed by atoms with E-state index in [4.69, 9.17) is 10.5 Å². The van der Waals surface area contributed by atoms with Crippen molar-refractivity contribution in [3.63, 3.8) is 0 Å². The molecule has 0 radical (unpaired) electrons. The molecule has 1 saturated heterocycles. The van der Waals surface area contributed by atoms with Crippen molar-refractivity contribution in [3.8, 4) is 0 Å². The van der Waals surface area contributed by atoms with Gasteiger partial charge in [0.15, 0.2) is 0 Å². The van der Waals surface area contributed by atoms with Gasteiger partial charge in [-0.3, -0.25) is 0 Å². The molecule has 1 aliphatic rings. The maximum absolute atomic E-state index is 12.2. The van der Waals surface area contributed by atoms with Crippen LogP contribution >= 0.6 is 0 Å². The highest BCUT2D eigenvalue weighted by Gasteiger charge is 2.24. The summed E-state index contributed by atoms with van der Waals surface area (Å²) in [5.41, 5.74) is 7.28. The number of nitrogens with two attached hydrogens (primary N) is 1. The highest BCUT2D eigenvalue weighted by Crippen LogP contribution is 2.29. The summed E-state index contributed by atoms with van der Waals surface area (Å²) in [6.45, 7) is 1.37. The van der Waals surface area contributed by atoms with Crippen molar-refractivity contribution >= 4 is 21.4 Å². The van der Waals surface area contributed by atoms with Crippen LogP contribution in [0.2, 0.25) is 0 Å². The van der Waals surface area contributed by atoms with Crippen LogP contribution in [0, 0.1) is 0 Å². The molecule has 112 valence electrons. The van der Waals surface area contributed by atoms with Crippen LogP contribution in [0.3, 0.4) is 0 Å². The lowest BCUT2D eigenvalue weighted by atomic mass is 10.2. The molecule has 1 atom stereocenters. The van der Waals surface area contributed by atoms with Gasteiger partial charge < -0.3 is 15.4 Å². The zero-order chi connectivity index (χ0) is 14.9. The Bertz CT molecular complexity index is 581. The third kappa shape index (κ3) is 2.74. The van der Waals surface area contributed by atoms with Crippen molar-refractivity contribution in [2.24, 2.45) is 0 Å². The van der Waals surface area contributed by atoms with Crippen molar-refractivity contribution < 1.29 is 13.2 Å². The Hall–Kier alpha value is -1.31. The number of benzene rings is 1. The number of nitrogen functional groups attached to an aromatic ring is 1. The predicted octanol–water partition coefficient (Wildman–Crippen LogP) is 0.744. The van der Waals surface area contributed by atoms with Crippen LogP contribution in [0.25, 0.3) is 0 Å². The summed E-state index contributed by atoms with van der Waals surface area (Å²) in [7, 11) is 1.49. The number of rotatable bonds is 4. The molecule has 2 N–H and O–H groups in total. The largest absolute Gasteiger partial charge is 0.397 e. The number of likely N-dealkylation sites (N-methyl/N-ethyl adjacent to an activating group) is 1. The van der Waals surface area contributed by atoms with Crippen LogP contribution < -0.4 is 10.6 Å². The van der Waals surface area contributed by atoms with Gasteiger partial charge in [-0.2, -0.15) is 0 Å². The fourth-order valence-corrected chi connectivity index (χ4v) is 3.15. The molecule has 0 saturated carbocycles. The monoisotopic (exact) mass is 299 g/mol. The molecule has 1 unspecified atom stereocenters. The smallest absolute Gasteiger partial charge is 0.242 e. The number of sulfonamides is 1. The summed E-state index contributed by atoms with van der Waals surface area (Å²) >= 11 is 0. The Morgan fingerprint density at radius 2 is 2.00 bits per heavy atom. The first-order valence-electron chi connectivity index (χ1n) is 6.46. The standard InChI is InChI=1S/C13H21N3O3S/c1-15(2)20(17,18)11-4-5-12(14)13(8-11)16(3)10-6-7-19-9-10/h4-5,8,10H,6-7,9,14H2,1-3H3. The SMILES string of the molecule is CN(c1cc(S(=O)(=O)N(C)C)ccc1N)C1CCOC1. The Kier molecular flexibility index (Phi) is 4.22. The van der Waals surface area contributed by atoms with E-state index in [1.54, 1.807) is 12.1 Å². The van der Waals surface area contributed by atoms with Crippen molar-refractivity contribution in [1.82, 2.24) is 4.31 Å². The number of nitrogens with zero attached hydrogens (tertiary/aromatic N) is 2. The second kappa shape index (κ2) is 5.59. The molecule has 0 aromatic heterocycles. The highest BCUT2D eigenvalue weighted by atomic mass is 32.2. The molecule has 0 amide bonds. The fraction of sp³-hybridized carbons (Fsp3) is 0.538. The molecular formula is C13H21N3O3S. The van der Waals surface area contributed by atoms with E-state index in [0.29, 0.717) is 12.3 Å². The van der Waals surface area contributed by atoms with Gasteiger partial charge in [-0.25, -0.2) is 12.7 Å². The minimum absolute atomic E-state index is 0.231. The predicted molar refractivity (Wildman–Crippen MR) is 79.4 cm³/mol. The summed E-state index contributed by atoms with van der Waals surface area (Å²) < 4.78 is 30.9. The lowest BCUT2D eigenvalue weighted by Crippen LogP contribution is -2.32. The molecule has 1 aromatic carbocycles. The van der Waals surface area contributed by atoms with Crippen LogP contribution in [0.1, 0.15) is 6.42 Å². The maximum atomic E-state index is 12.2. The average Bonchev–Trinajstić information content (AvgIpc) is 2.92. The first-order chi connectivity index (χ1) is 9.34. The quantitative estimate of drug-likeness (QED) is 0.830. The molecule has 6 nitrogen and oxygen atoms in total. The first-order valence-corrected chi connectivity index (χ1v) is 7.90. The van der Waals surface area contributed by atoms with Crippen LogP contribution in [0.4, 0.5) is 11.4 Å². The molecule has 1 fully saturated rings. The fourth-order valence-electron chi connectivity index (χ4n) is 2.22. The minimum atomic E-state index is -3.45. The average molecular weight is 299 g/mol. The zero-order valence-electron chi connectivity index (χ0n) is 12.0. The first kappa shape index (κ1) is 15.1. The Labute approximate surface area is 120 Å². The van der Waals surface area contributed by atoms with E-state index in [1.807, 2.05) is 11.9 Å². The number of ether oxygens (including phenoxy) is 1. The Balaban J connectivity index is 2.39. The number of hydrogen-bond acceptors (Lipinski definition) is 5. The third-order valence-electron chi connectivity index (χ3n) is 3.61. The minimum Gasteiger partial charge on any atom is -0.397 e. The molecular weight excluding hydrogens is 278 g/mol. The van der Waals surface area contributed by atoms with Gasteiger partial charge in [-0.1, -0.05) is 0 Å². The van der Waals surface area contributed by atoms with Crippen molar-refractivity contribution in [2.45, 2.75) is 17.4 Å². The lowest BCUT2D eigenvalue weighted by Gasteiger charge is -2.27. The van der Waals surface area contributed by atoms with E-state index in [-0.39, 0.29) is 10.9 Å². The molecule has 0 bridgehead atoms. The Morgan fingerprint density at radius 1 is 1.30 bits per heavy atom. The van der Waals surface area contributed by atoms with E-state index in [0.717, 1.165) is 18.7 Å². The Morgan fingerprint density at radius 3 is 2.55 bits per heavy atom. The molecule has 20 heavy (non-hydrogen) atoms. The molecule has 1 aromatic rings. The van der Waals surface area contributed by atoms with Crippen molar-refractivity contribution in [3.05, 3.63) is 18.2 Å². The summed E-state index contributed by atoms with van der Waals surface area (Å²) in [6.07, 6.45) is 0.917. The normalized spacial score (nSPS) is 19.5. The number of anilines is 2. The van der Waals surface area contributed by atoms with E-state index >= 15 is 0 Å². The maximum Gasteiger partial charge on any atom is 0.242 e. The summed E-state index contributed by atoms with van der Waals surface area (Å²) in [5.74, 6) is 0. The van der Waals surface area contributed by atoms with Gasteiger partial charge in [0, 0.05) is 27.7 Å². The van der Waals surface area contributed by atoms with Crippen LogP contribution in [0.15, 0.2) is 23.1 Å². The topological polar surface area (TPSA) is 75.9 Å². The molecule has 1 aliphatic heterocycles. The van der Waals surface area contributed by atoms with Gasteiger partial charge >= 0.3 is 0 Å². The van der Waals surface area contributed by atoms with Crippen LogP contribution in [-0.4, -0.2) is 53.1 Å². The molecule has 0 aliphatic carbocycles. The molecule has 7 heteroatoms. The van der Waals surface area contributed by atoms with Gasteiger partial charge in [-0.05, 0) is 24.6 Å². The number of hydrogen-bond donors (Lipinski definition) is 1. The van der Waals surface area contributed by atoms with Crippen LogP contribution in [0.5, 0.6) is 0 Å². The van der Waals surface area contributed by atoms with Gasteiger partial charge in [0.2, 0.25) is 10.0 Å². The second-order valence-electron chi connectivity index (χ2n) is 5.14. The zero-order valence-corrected chi connectivity index (χ0v) is 12.9. The van der Waals surface area contributed by atoms with E-state index in [2.05, 4.69) is 0 Å². The van der Waals surface area contributed by atoms with Gasteiger partial charge in [0.1, 0.15) is 0 Å². The summed E-state index contributed by atoms with van der Waals surface area (Å²) in [5, 5.41) is 0. The summed E-state index contributed by atoms with van der Waals surface area (Å²) in [4.78, 5) is 2.24. The van der Waals surface area contributed by atoms with Crippen molar-refractivity contribution in [2.75, 3.05) is 45.0 Å². The van der Waals surface area contributed by atoms with Gasteiger partial charge in [0.05, 0.1) is 28.9 Å². The second-order valence-corrected chi connectivity index (χ2v) is 7.29. The van der Waals surface area contributed by atoms with Gasteiger partial charge in [0.25, 0.3) is 0 Å². The van der Waals surface area contributed by atoms with E-state index in [9.17, 15) is 8.42 Å². The van der Waals surface area contributed by atoms with E-state index < -0.39 is 10.0 Å². The third-order valence-corrected chi connectivity index (χ3v) is 5.42. The lowest BCUT2D eigenvalue weighted by molar-refractivity contribution is 0.193. The van der Waals surface area contributed by atoms with E-state index in [1.165, 1.54) is 24.5 Å². The molecule has 0 spiro atoms. The van der Waals surface area contributed by atoms with Crippen molar-refractivity contribution in [1.29, 1.82) is 0 Å². The highest BCUT2D eigenvalue weighted by molar-refractivity contribution is 7.89. The molecule has 1 heterocycles. The van der Waals surface area contributed by atoms with Gasteiger partial charge in [-0.15, -0.1) is 0 Å². The summed E-state index contributed by atoms with van der Waals surface area (Å²) in [6, 6.07) is 5.03. The molecule has 2 rings (SSSR count). The van der Waals surface area contributed by atoms with Crippen LogP contribution in [-0.2, 0) is 14.8 Å².